The lowest BCUT2D eigenvalue weighted by Crippen LogP contribution is -1.96. The number of anilines is 1. The van der Waals surface area contributed by atoms with Crippen molar-refractivity contribution >= 4 is 5.69 Å². The van der Waals surface area contributed by atoms with E-state index in [0.717, 1.165) is 35.6 Å². The van der Waals surface area contributed by atoms with Gasteiger partial charge in [0.05, 0.1) is 0 Å². The van der Waals surface area contributed by atoms with Crippen molar-refractivity contribution in [1.29, 1.82) is 0 Å². The number of hydrogen-bond acceptors (Lipinski definition) is 2. The maximum atomic E-state index is 5.78. The van der Waals surface area contributed by atoms with Crippen LogP contribution >= 0.6 is 0 Å². The van der Waals surface area contributed by atoms with Crippen LogP contribution in [0, 0.1) is 0 Å². The molecule has 1 aliphatic rings. The molecule has 2 rings (SSSR count). The minimum Gasteiger partial charge on any atom is -0.457 e. The molecule has 0 bridgehead atoms. The second-order valence-corrected chi connectivity index (χ2v) is 3.88. The summed E-state index contributed by atoms with van der Waals surface area (Å²) in [6.07, 6.45) is 2.07. The highest BCUT2D eigenvalue weighted by atomic mass is 16.5. The summed E-state index contributed by atoms with van der Waals surface area (Å²) in [6.45, 7) is 6.08. The molecule has 2 nitrogen and oxygen atoms in total. The average molecular weight is 201 g/mol. The second kappa shape index (κ2) is 3.81. The Bertz CT molecular complexity index is 415. The highest BCUT2D eigenvalue weighted by Gasteiger charge is 2.16. The molecule has 1 aliphatic carbocycles. The molecular weight excluding hydrogens is 186 g/mol. The van der Waals surface area contributed by atoms with E-state index in [1.54, 1.807) is 0 Å². The van der Waals surface area contributed by atoms with Crippen LogP contribution in [-0.2, 0) is 0 Å². The van der Waals surface area contributed by atoms with Crippen molar-refractivity contribution in [3.05, 3.63) is 47.7 Å². The molecule has 0 heterocycles. The first-order valence-electron chi connectivity index (χ1n) is 5.08. The smallest absolute Gasteiger partial charge is 0.128 e. The van der Waals surface area contributed by atoms with Crippen LogP contribution in [0.15, 0.2) is 47.7 Å². The van der Waals surface area contributed by atoms with Gasteiger partial charge < -0.3 is 10.5 Å². The molecule has 0 fully saturated rings. The third-order valence-electron chi connectivity index (χ3n) is 2.61. The Kier molecular flexibility index (Phi) is 2.50. The van der Waals surface area contributed by atoms with Crippen LogP contribution in [-0.4, -0.2) is 0 Å². The first kappa shape index (κ1) is 9.84. The van der Waals surface area contributed by atoms with Crippen molar-refractivity contribution in [2.45, 2.75) is 19.8 Å². The van der Waals surface area contributed by atoms with Gasteiger partial charge in [0.2, 0.25) is 0 Å². The van der Waals surface area contributed by atoms with Crippen molar-refractivity contribution in [3.63, 3.8) is 0 Å². The Balaban J connectivity index is 2.19. The summed E-state index contributed by atoms with van der Waals surface area (Å²) in [5, 5.41) is 0. The van der Waals surface area contributed by atoms with Crippen molar-refractivity contribution < 1.29 is 4.74 Å². The molecule has 0 radical (unpaired) electrons. The van der Waals surface area contributed by atoms with E-state index in [-0.39, 0.29) is 0 Å². The number of hydrogen-bond donors (Lipinski definition) is 1. The molecule has 0 aliphatic heterocycles. The Morgan fingerprint density at radius 1 is 1.20 bits per heavy atom. The standard InChI is InChI=1S/C13H15NO/c1-9-3-4-10(2)13(9)15-12-7-5-11(14)6-8-12/h5-8H,1,3-4,14H2,2H3. The van der Waals surface area contributed by atoms with E-state index in [1.807, 2.05) is 24.3 Å². The van der Waals surface area contributed by atoms with Gasteiger partial charge in [-0.05, 0) is 55.2 Å². The number of benzene rings is 1. The number of nitrogen functional groups attached to an aromatic ring is 1. The first-order chi connectivity index (χ1) is 7.16. The van der Waals surface area contributed by atoms with Crippen LogP contribution in [0.2, 0.25) is 0 Å². The van der Waals surface area contributed by atoms with Gasteiger partial charge in [-0.2, -0.15) is 0 Å². The fourth-order valence-electron chi connectivity index (χ4n) is 1.68. The van der Waals surface area contributed by atoms with Crippen molar-refractivity contribution in [2.75, 3.05) is 5.73 Å². The quantitative estimate of drug-likeness (QED) is 0.745. The van der Waals surface area contributed by atoms with Crippen LogP contribution in [0.1, 0.15) is 19.8 Å². The summed E-state index contributed by atoms with van der Waals surface area (Å²) < 4.78 is 5.78. The summed E-state index contributed by atoms with van der Waals surface area (Å²) in [6, 6.07) is 7.42. The van der Waals surface area contributed by atoms with E-state index in [9.17, 15) is 0 Å². The van der Waals surface area contributed by atoms with E-state index >= 15 is 0 Å². The molecule has 1 aromatic rings. The van der Waals surface area contributed by atoms with Gasteiger partial charge >= 0.3 is 0 Å². The third-order valence-corrected chi connectivity index (χ3v) is 2.61. The molecule has 2 N–H and O–H groups in total. The molecule has 78 valence electrons. The Morgan fingerprint density at radius 3 is 2.40 bits per heavy atom. The second-order valence-electron chi connectivity index (χ2n) is 3.88. The zero-order valence-corrected chi connectivity index (χ0v) is 8.92. The summed E-state index contributed by atoms with van der Waals surface area (Å²) in [5.74, 6) is 1.77. The molecule has 0 saturated heterocycles. The SMILES string of the molecule is C=C1CCC(C)=C1Oc1ccc(N)cc1. The lowest BCUT2D eigenvalue weighted by molar-refractivity contribution is 0.435. The minimum absolute atomic E-state index is 0.748. The molecule has 0 amide bonds. The van der Waals surface area contributed by atoms with Crippen LogP contribution in [0.4, 0.5) is 5.69 Å². The van der Waals surface area contributed by atoms with Gasteiger partial charge in [-0.25, -0.2) is 0 Å². The minimum atomic E-state index is 0.748. The fourth-order valence-corrected chi connectivity index (χ4v) is 1.68. The van der Waals surface area contributed by atoms with E-state index in [1.165, 1.54) is 5.57 Å². The van der Waals surface area contributed by atoms with Crippen LogP contribution in [0.3, 0.4) is 0 Å². The van der Waals surface area contributed by atoms with E-state index in [2.05, 4.69) is 13.5 Å². The molecule has 0 saturated carbocycles. The molecule has 2 heteroatoms. The van der Waals surface area contributed by atoms with Crippen molar-refractivity contribution in [3.8, 4) is 5.75 Å². The summed E-state index contributed by atoms with van der Waals surface area (Å²) >= 11 is 0. The van der Waals surface area contributed by atoms with E-state index in [0.29, 0.717) is 0 Å². The van der Waals surface area contributed by atoms with Gasteiger partial charge in [0, 0.05) is 5.69 Å². The number of ether oxygens (including phenoxy) is 1. The van der Waals surface area contributed by atoms with Crippen LogP contribution < -0.4 is 10.5 Å². The monoisotopic (exact) mass is 201 g/mol. The van der Waals surface area contributed by atoms with Gasteiger partial charge in [0.15, 0.2) is 0 Å². The fraction of sp³-hybridized carbons (Fsp3) is 0.231. The topological polar surface area (TPSA) is 35.2 Å². The number of allylic oxidation sites excluding steroid dienone is 2. The van der Waals surface area contributed by atoms with Gasteiger partial charge in [0.1, 0.15) is 11.5 Å². The largest absolute Gasteiger partial charge is 0.457 e. The van der Waals surface area contributed by atoms with E-state index in [4.69, 9.17) is 10.5 Å². The lowest BCUT2D eigenvalue weighted by Gasteiger charge is -2.09. The van der Waals surface area contributed by atoms with Gasteiger partial charge in [-0.15, -0.1) is 0 Å². The van der Waals surface area contributed by atoms with Gasteiger partial charge in [-0.1, -0.05) is 6.58 Å². The zero-order chi connectivity index (χ0) is 10.8. The predicted octanol–water partition coefficient (Wildman–Crippen LogP) is 3.27. The zero-order valence-electron chi connectivity index (χ0n) is 8.92. The Hall–Kier alpha value is -1.70. The molecule has 0 atom stereocenters. The molecular formula is C13H15NO. The molecule has 0 unspecified atom stereocenters. The molecule has 0 aromatic heterocycles. The van der Waals surface area contributed by atoms with Gasteiger partial charge in [0.25, 0.3) is 0 Å². The van der Waals surface area contributed by atoms with Crippen LogP contribution in [0.25, 0.3) is 0 Å². The normalized spacial score (nSPS) is 15.9. The average Bonchev–Trinajstić information content (AvgIpc) is 2.53. The Labute approximate surface area is 90.1 Å². The van der Waals surface area contributed by atoms with E-state index < -0.39 is 0 Å². The summed E-state index contributed by atoms with van der Waals surface area (Å²) in [5.41, 5.74) is 8.71. The lowest BCUT2D eigenvalue weighted by atomic mass is 10.2. The van der Waals surface area contributed by atoms with Gasteiger partial charge in [-0.3, -0.25) is 0 Å². The molecule has 15 heavy (non-hydrogen) atoms. The van der Waals surface area contributed by atoms with Crippen molar-refractivity contribution in [2.24, 2.45) is 0 Å². The number of nitrogens with two attached hydrogens (primary N) is 1. The first-order valence-corrected chi connectivity index (χ1v) is 5.08. The Morgan fingerprint density at radius 2 is 1.87 bits per heavy atom. The summed E-state index contributed by atoms with van der Waals surface area (Å²) in [7, 11) is 0. The number of rotatable bonds is 2. The predicted molar refractivity (Wildman–Crippen MR) is 62.6 cm³/mol. The highest BCUT2D eigenvalue weighted by Crippen LogP contribution is 2.31. The third kappa shape index (κ3) is 2.04. The molecule has 1 aromatic carbocycles. The van der Waals surface area contributed by atoms with Crippen LogP contribution in [0.5, 0.6) is 5.75 Å². The van der Waals surface area contributed by atoms with Crippen molar-refractivity contribution in [1.82, 2.24) is 0 Å². The highest BCUT2D eigenvalue weighted by molar-refractivity contribution is 5.44. The maximum Gasteiger partial charge on any atom is 0.128 e. The summed E-state index contributed by atoms with van der Waals surface area (Å²) in [4.78, 5) is 0. The molecule has 0 spiro atoms. The maximum absolute atomic E-state index is 5.78.